The highest BCUT2D eigenvalue weighted by molar-refractivity contribution is 6.45. The van der Waals surface area contributed by atoms with Crippen molar-refractivity contribution in [2.45, 2.75) is 0 Å². The van der Waals surface area contributed by atoms with Crippen molar-refractivity contribution in [2.24, 2.45) is 4.99 Å². The highest BCUT2D eigenvalue weighted by Crippen LogP contribution is 2.26. The highest BCUT2D eigenvalue weighted by Gasteiger charge is 2.28. The summed E-state index contributed by atoms with van der Waals surface area (Å²) < 4.78 is 0. The molecule has 1 aliphatic rings. The van der Waals surface area contributed by atoms with Gasteiger partial charge >= 0.3 is 6.03 Å². The molecule has 0 saturated carbocycles. The second kappa shape index (κ2) is 3.53. The van der Waals surface area contributed by atoms with Gasteiger partial charge in [0, 0.05) is 7.05 Å². The molecule has 1 N–H and O–H groups in total. The second-order valence-corrected chi connectivity index (χ2v) is 2.98. The summed E-state index contributed by atoms with van der Waals surface area (Å²) in [5, 5.41) is 2.91. The monoisotopic (exact) mass is 203 g/mol. The first-order valence-corrected chi connectivity index (χ1v) is 4.43. The zero-order valence-corrected chi connectivity index (χ0v) is 8.10. The van der Waals surface area contributed by atoms with Crippen LogP contribution in [0.5, 0.6) is 0 Å². The molecule has 1 aromatic rings. The average molecular weight is 203 g/mol. The van der Waals surface area contributed by atoms with E-state index in [1.807, 2.05) is 6.07 Å². The van der Waals surface area contributed by atoms with Crippen LogP contribution in [-0.4, -0.2) is 25.2 Å². The topological polar surface area (TPSA) is 61.8 Å². The molecule has 15 heavy (non-hydrogen) atoms. The number of urea groups is 1. The molecule has 5 nitrogen and oxygen atoms in total. The fourth-order valence-electron chi connectivity index (χ4n) is 1.42. The summed E-state index contributed by atoms with van der Waals surface area (Å²) in [5.41, 5.74) is 1.23. The van der Waals surface area contributed by atoms with Crippen molar-refractivity contribution in [1.29, 1.82) is 0 Å². The van der Waals surface area contributed by atoms with E-state index in [2.05, 4.69) is 10.3 Å². The molecule has 0 atom stereocenters. The number of nitrogens with zero attached hydrogens (tertiary/aromatic N) is 2. The third kappa shape index (κ3) is 1.48. The number of anilines is 2. The maximum Gasteiger partial charge on any atom is 0.355 e. The number of para-hydroxylation sites is 2. The fraction of sp³-hybridized carbons (Fsp3) is 0.100. The Morgan fingerprint density at radius 3 is 2.60 bits per heavy atom. The van der Waals surface area contributed by atoms with Crippen molar-refractivity contribution in [3.63, 3.8) is 0 Å². The molecule has 0 fully saturated rings. The van der Waals surface area contributed by atoms with Crippen LogP contribution in [-0.2, 0) is 4.79 Å². The molecule has 0 aliphatic carbocycles. The first kappa shape index (κ1) is 9.39. The highest BCUT2D eigenvalue weighted by atomic mass is 16.2. The van der Waals surface area contributed by atoms with Crippen molar-refractivity contribution in [3.8, 4) is 0 Å². The van der Waals surface area contributed by atoms with Crippen LogP contribution in [0.3, 0.4) is 0 Å². The van der Waals surface area contributed by atoms with Crippen LogP contribution < -0.4 is 10.2 Å². The number of aliphatic imine (C=N–C) groups is 1. The Morgan fingerprint density at radius 1 is 1.27 bits per heavy atom. The van der Waals surface area contributed by atoms with Gasteiger partial charge in [0.15, 0.2) is 0 Å². The summed E-state index contributed by atoms with van der Waals surface area (Å²) in [5.74, 6) is -0.414. The minimum atomic E-state index is -0.553. The molecule has 1 heterocycles. The van der Waals surface area contributed by atoms with Gasteiger partial charge in [0.25, 0.3) is 5.91 Å². The van der Waals surface area contributed by atoms with Crippen molar-refractivity contribution in [2.75, 3.05) is 17.3 Å². The lowest BCUT2D eigenvalue weighted by Gasteiger charge is -2.15. The van der Waals surface area contributed by atoms with E-state index in [1.165, 1.54) is 0 Å². The van der Waals surface area contributed by atoms with Gasteiger partial charge < -0.3 is 5.32 Å². The van der Waals surface area contributed by atoms with Crippen molar-refractivity contribution in [1.82, 2.24) is 0 Å². The van der Waals surface area contributed by atoms with E-state index in [0.717, 1.165) is 11.1 Å². The number of carbonyl (C=O) groups excluding carboxylic acids is 2. The fourth-order valence-corrected chi connectivity index (χ4v) is 1.42. The summed E-state index contributed by atoms with van der Waals surface area (Å²) in [6.45, 7) is 0. The molecule has 0 radical (unpaired) electrons. The van der Waals surface area contributed by atoms with E-state index >= 15 is 0 Å². The van der Waals surface area contributed by atoms with Gasteiger partial charge in [-0.25, -0.2) is 9.69 Å². The van der Waals surface area contributed by atoms with E-state index in [9.17, 15) is 9.59 Å². The first-order chi connectivity index (χ1) is 7.24. The summed E-state index contributed by atoms with van der Waals surface area (Å²) in [6.07, 6.45) is 1.02. The van der Waals surface area contributed by atoms with Gasteiger partial charge in [-0.05, 0) is 12.1 Å². The van der Waals surface area contributed by atoms with Crippen LogP contribution in [0.4, 0.5) is 16.2 Å². The lowest BCUT2D eigenvalue weighted by Crippen LogP contribution is -2.30. The van der Waals surface area contributed by atoms with Crippen molar-refractivity contribution >= 4 is 29.5 Å². The van der Waals surface area contributed by atoms with Crippen molar-refractivity contribution in [3.05, 3.63) is 24.3 Å². The molecule has 0 unspecified atom stereocenters. The zero-order chi connectivity index (χ0) is 10.8. The molecule has 3 amide bonds. The third-order valence-corrected chi connectivity index (χ3v) is 2.11. The Morgan fingerprint density at radius 2 is 2.00 bits per heavy atom. The quantitative estimate of drug-likeness (QED) is 0.787. The van der Waals surface area contributed by atoms with Crippen LogP contribution in [0.25, 0.3) is 0 Å². The predicted octanol–water partition coefficient (Wildman–Crippen LogP) is 1.27. The summed E-state index contributed by atoms with van der Waals surface area (Å²) in [6, 6.07) is 6.50. The van der Waals surface area contributed by atoms with Gasteiger partial charge in [-0.2, -0.15) is 4.99 Å². The Hall–Kier alpha value is -2.17. The second-order valence-electron chi connectivity index (χ2n) is 2.98. The number of nitrogens with one attached hydrogen (secondary N) is 1. The third-order valence-electron chi connectivity index (χ3n) is 2.11. The number of carbonyl (C=O) groups is 2. The number of benzene rings is 1. The molecule has 0 aromatic heterocycles. The van der Waals surface area contributed by atoms with Crippen LogP contribution in [0.15, 0.2) is 29.3 Å². The number of rotatable bonds is 2. The molecule has 0 saturated heterocycles. The average Bonchev–Trinajstić information content (AvgIpc) is 2.59. The van der Waals surface area contributed by atoms with Gasteiger partial charge in [0.05, 0.1) is 17.6 Å². The summed E-state index contributed by atoms with van der Waals surface area (Å²) in [7, 11) is 1.73. The molecule has 0 bridgehead atoms. The molecular weight excluding hydrogens is 194 g/mol. The van der Waals surface area contributed by atoms with Crippen LogP contribution >= 0.6 is 0 Å². The van der Waals surface area contributed by atoms with E-state index in [0.29, 0.717) is 11.4 Å². The molecule has 76 valence electrons. The number of imide groups is 1. The Labute approximate surface area is 86.4 Å². The van der Waals surface area contributed by atoms with Crippen LogP contribution in [0, 0.1) is 0 Å². The smallest absolute Gasteiger partial charge is 0.355 e. The molecular formula is C10H9N3O2. The lowest BCUT2D eigenvalue weighted by molar-refractivity contribution is -0.111. The zero-order valence-electron chi connectivity index (χ0n) is 8.10. The first-order valence-electron chi connectivity index (χ1n) is 4.43. The number of hydrogen-bond acceptors (Lipinski definition) is 3. The standard InChI is InChI=1S/C10H9N3O2/c1-11-7-4-2-3-5-8(7)13-9(14)6-12-10(13)15/h2-6,11H,1H3. The van der Waals surface area contributed by atoms with Gasteiger partial charge in [0.1, 0.15) is 0 Å². The van der Waals surface area contributed by atoms with E-state index in [1.54, 1.807) is 25.2 Å². The van der Waals surface area contributed by atoms with Gasteiger partial charge in [-0.1, -0.05) is 12.1 Å². The van der Waals surface area contributed by atoms with Crippen LogP contribution in [0.1, 0.15) is 0 Å². The summed E-state index contributed by atoms with van der Waals surface area (Å²) >= 11 is 0. The molecule has 5 heteroatoms. The lowest BCUT2D eigenvalue weighted by atomic mass is 10.2. The SMILES string of the molecule is CNc1ccccc1N1C(=O)C=NC1=O. The number of amides is 3. The Bertz CT molecular complexity index is 436. The van der Waals surface area contributed by atoms with E-state index in [4.69, 9.17) is 0 Å². The minimum absolute atomic E-state index is 0.414. The normalized spacial score (nSPS) is 14.9. The minimum Gasteiger partial charge on any atom is -0.386 e. The Kier molecular flexibility index (Phi) is 2.21. The Balaban J connectivity index is 2.45. The van der Waals surface area contributed by atoms with Gasteiger partial charge in [0.2, 0.25) is 0 Å². The van der Waals surface area contributed by atoms with Crippen molar-refractivity contribution < 1.29 is 9.59 Å². The molecule has 0 spiro atoms. The number of hydrogen-bond donors (Lipinski definition) is 1. The molecule has 2 rings (SSSR count). The van der Waals surface area contributed by atoms with Gasteiger partial charge in [-0.3, -0.25) is 4.79 Å². The molecule has 1 aliphatic heterocycles. The largest absolute Gasteiger partial charge is 0.386 e. The van der Waals surface area contributed by atoms with Gasteiger partial charge in [-0.15, -0.1) is 0 Å². The maximum absolute atomic E-state index is 11.4. The molecule has 1 aromatic carbocycles. The van der Waals surface area contributed by atoms with E-state index < -0.39 is 11.9 Å². The maximum atomic E-state index is 11.4. The van der Waals surface area contributed by atoms with E-state index in [-0.39, 0.29) is 0 Å². The summed E-state index contributed by atoms with van der Waals surface area (Å²) in [4.78, 5) is 27.2. The van der Waals surface area contributed by atoms with Crippen LogP contribution in [0.2, 0.25) is 0 Å². The predicted molar refractivity (Wildman–Crippen MR) is 57.4 cm³/mol.